The Morgan fingerprint density at radius 2 is 1.76 bits per heavy atom. The van der Waals surface area contributed by atoms with E-state index in [-0.39, 0.29) is 11.7 Å². The van der Waals surface area contributed by atoms with Crippen LogP contribution in [0.25, 0.3) is 17.1 Å². The topological polar surface area (TPSA) is 69.0 Å². The minimum absolute atomic E-state index is 0.147. The molecule has 0 aliphatic rings. The predicted molar refractivity (Wildman–Crippen MR) is 134 cm³/mol. The Hall–Kier alpha value is -3.00. The van der Waals surface area contributed by atoms with Crippen LogP contribution < -0.4 is 10.1 Å². The molecular formula is C24H20Cl2N4O2S. The summed E-state index contributed by atoms with van der Waals surface area (Å²) in [6.45, 7) is 2.03. The van der Waals surface area contributed by atoms with Crippen LogP contribution in [-0.4, -0.2) is 33.5 Å². The van der Waals surface area contributed by atoms with Gasteiger partial charge in [0.15, 0.2) is 11.0 Å². The van der Waals surface area contributed by atoms with Gasteiger partial charge in [-0.2, -0.15) is 0 Å². The standard InChI is InChI=1S/C24H20Cl2N4O2S/c1-15-3-10-19(11-4-15)30-23(16-5-7-17(25)8-6-16)28-29-24(30)33-14-22(31)27-18-9-12-21(32-2)20(26)13-18/h3-13H,14H2,1-2H3,(H,27,31). The highest BCUT2D eigenvalue weighted by Crippen LogP contribution is 2.30. The fourth-order valence-corrected chi connectivity index (χ4v) is 4.28. The van der Waals surface area contributed by atoms with Crippen LogP contribution in [-0.2, 0) is 4.79 Å². The number of carbonyl (C=O) groups is 1. The molecule has 4 rings (SSSR count). The van der Waals surface area contributed by atoms with Crippen molar-refractivity contribution in [2.24, 2.45) is 0 Å². The molecule has 0 bridgehead atoms. The van der Waals surface area contributed by atoms with E-state index in [9.17, 15) is 4.79 Å². The van der Waals surface area contributed by atoms with Crippen molar-refractivity contribution in [1.29, 1.82) is 0 Å². The van der Waals surface area contributed by atoms with Crippen LogP contribution in [0, 0.1) is 6.92 Å². The lowest BCUT2D eigenvalue weighted by Crippen LogP contribution is -2.14. The summed E-state index contributed by atoms with van der Waals surface area (Å²) in [6.07, 6.45) is 0. The molecule has 168 valence electrons. The van der Waals surface area contributed by atoms with Crippen LogP contribution >= 0.6 is 35.0 Å². The Labute approximate surface area is 205 Å². The normalized spacial score (nSPS) is 10.8. The van der Waals surface area contributed by atoms with Crippen molar-refractivity contribution in [3.05, 3.63) is 82.3 Å². The Kier molecular flexibility index (Phi) is 7.23. The van der Waals surface area contributed by atoms with E-state index in [4.69, 9.17) is 27.9 Å². The summed E-state index contributed by atoms with van der Waals surface area (Å²) in [6, 6.07) is 20.6. The van der Waals surface area contributed by atoms with E-state index in [1.165, 1.54) is 11.8 Å². The minimum Gasteiger partial charge on any atom is -0.495 e. The number of benzene rings is 3. The van der Waals surface area contributed by atoms with Gasteiger partial charge < -0.3 is 10.1 Å². The number of halogens is 2. The Bertz CT molecular complexity index is 1270. The van der Waals surface area contributed by atoms with Crippen LogP contribution in [0.15, 0.2) is 71.9 Å². The molecule has 3 aromatic carbocycles. The molecule has 0 atom stereocenters. The SMILES string of the molecule is COc1ccc(NC(=O)CSc2nnc(-c3ccc(Cl)cc3)n2-c2ccc(C)cc2)cc1Cl. The maximum Gasteiger partial charge on any atom is 0.234 e. The van der Waals surface area contributed by atoms with Gasteiger partial charge in [0.25, 0.3) is 0 Å². The average molecular weight is 499 g/mol. The van der Waals surface area contributed by atoms with Gasteiger partial charge in [-0.25, -0.2) is 0 Å². The lowest BCUT2D eigenvalue weighted by molar-refractivity contribution is -0.113. The number of hydrogen-bond donors (Lipinski definition) is 1. The maximum atomic E-state index is 12.6. The van der Waals surface area contributed by atoms with Crippen molar-refractivity contribution >= 4 is 46.6 Å². The quantitative estimate of drug-likeness (QED) is 0.303. The first-order valence-electron chi connectivity index (χ1n) is 9.99. The number of nitrogens with one attached hydrogen (secondary N) is 1. The van der Waals surface area contributed by atoms with Gasteiger partial charge in [-0.3, -0.25) is 9.36 Å². The first-order valence-corrected chi connectivity index (χ1v) is 11.7. The second-order valence-electron chi connectivity index (χ2n) is 7.17. The number of amides is 1. The Morgan fingerprint density at radius 1 is 1.03 bits per heavy atom. The van der Waals surface area contributed by atoms with Crippen LogP contribution in [0.2, 0.25) is 10.0 Å². The summed E-state index contributed by atoms with van der Waals surface area (Å²) in [4.78, 5) is 12.6. The van der Waals surface area contributed by atoms with Crippen molar-refractivity contribution < 1.29 is 9.53 Å². The molecular weight excluding hydrogens is 479 g/mol. The van der Waals surface area contributed by atoms with Crippen LogP contribution in [0.3, 0.4) is 0 Å². The lowest BCUT2D eigenvalue weighted by atomic mass is 10.2. The Balaban J connectivity index is 1.57. The molecule has 1 aromatic heterocycles. The molecule has 0 saturated heterocycles. The van der Waals surface area contributed by atoms with Gasteiger partial charge >= 0.3 is 0 Å². The fraction of sp³-hybridized carbons (Fsp3) is 0.125. The number of methoxy groups -OCH3 is 1. The van der Waals surface area contributed by atoms with Gasteiger partial charge in [0, 0.05) is 22.0 Å². The van der Waals surface area contributed by atoms with E-state index in [1.807, 2.05) is 60.0 Å². The molecule has 0 aliphatic carbocycles. The molecule has 4 aromatic rings. The molecule has 0 aliphatic heterocycles. The molecule has 0 radical (unpaired) electrons. The zero-order chi connectivity index (χ0) is 23.4. The highest BCUT2D eigenvalue weighted by Gasteiger charge is 2.17. The fourth-order valence-electron chi connectivity index (χ4n) is 3.15. The van der Waals surface area contributed by atoms with E-state index in [0.717, 1.165) is 16.8 Å². The van der Waals surface area contributed by atoms with E-state index in [1.54, 1.807) is 25.3 Å². The van der Waals surface area contributed by atoms with Crippen molar-refractivity contribution in [2.75, 3.05) is 18.2 Å². The van der Waals surface area contributed by atoms with Gasteiger partial charge in [-0.1, -0.05) is 52.7 Å². The number of hydrogen-bond acceptors (Lipinski definition) is 5. The van der Waals surface area contributed by atoms with Crippen LogP contribution in [0.4, 0.5) is 5.69 Å². The van der Waals surface area contributed by atoms with E-state index in [2.05, 4.69) is 15.5 Å². The lowest BCUT2D eigenvalue weighted by Gasteiger charge is -2.11. The van der Waals surface area contributed by atoms with Gasteiger partial charge in [0.05, 0.1) is 17.9 Å². The number of anilines is 1. The summed E-state index contributed by atoms with van der Waals surface area (Å²) < 4.78 is 7.08. The third-order valence-corrected chi connectivity index (χ3v) is 6.27. The van der Waals surface area contributed by atoms with E-state index in [0.29, 0.717) is 32.5 Å². The van der Waals surface area contributed by atoms with Gasteiger partial charge in [-0.05, 0) is 61.5 Å². The van der Waals surface area contributed by atoms with E-state index >= 15 is 0 Å². The van der Waals surface area contributed by atoms with Gasteiger partial charge in [0.2, 0.25) is 5.91 Å². The van der Waals surface area contributed by atoms with Gasteiger partial charge in [-0.15, -0.1) is 10.2 Å². The second-order valence-corrected chi connectivity index (χ2v) is 8.96. The molecule has 0 saturated carbocycles. The van der Waals surface area contributed by atoms with Crippen molar-refractivity contribution in [1.82, 2.24) is 14.8 Å². The second kappa shape index (κ2) is 10.3. The summed E-state index contributed by atoms with van der Waals surface area (Å²) >= 11 is 13.5. The molecule has 1 N–H and O–H groups in total. The first kappa shape index (κ1) is 23.2. The maximum absolute atomic E-state index is 12.6. The summed E-state index contributed by atoms with van der Waals surface area (Å²) in [5.74, 6) is 1.17. The number of thioether (sulfide) groups is 1. The van der Waals surface area contributed by atoms with Crippen molar-refractivity contribution in [3.63, 3.8) is 0 Å². The minimum atomic E-state index is -0.187. The number of ether oxygens (including phenoxy) is 1. The zero-order valence-corrected chi connectivity index (χ0v) is 20.2. The van der Waals surface area contributed by atoms with Gasteiger partial charge in [0.1, 0.15) is 5.75 Å². The number of aromatic nitrogens is 3. The molecule has 6 nitrogen and oxygen atoms in total. The van der Waals surface area contributed by atoms with E-state index < -0.39 is 0 Å². The number of aryl methyl sites for hydroxylation is 1. The van der Waals surface area contributed by atoms with Crippen molar-refractivity contribution in [2.45, 2.75) is 12.1 Å². The average Bonchev–Trinajstić information content (AvgIpc) is 3.23. The third kappa shape index (κ3) is 5.50. The Morgan fingerprint density at radius 3 is 2.42 bits per heavy atom. The summed E-state index contributed by atoms with van der Waals surface area (Å²) in [5, 5.41) is 13.3. The summed E-state index contributed by atoms with van der Waals surface area (Å²) in [7, 11) is 1.54. The third-order valence-electron chi connectivity index (χ3n) is 4.80. The molecule has 0 spiro atoms. The number of carbonyl (C=O) groups excluding carboxylic acids is 1. The highest BCUT2D eigenvalue weighted by molar-refractivity contribution is 7.99. The highest BCUT2D eigenvalue weighted by atomic mass is 35.5. The largest absolute Gasteiger partial charge is 0.495 e. The smallest absolute Gasteiger partial charge is 0.234 e. The van der Waals surface area contributed by atoms with Crippen LogP contribution in [0.1, 0.15) is 5.56 Å². The predicted octanol–water partition coefficient (Wildman–Crippen LogP) is 6.29. The molecule has 0 unspecified atom stereocenters. The summed E-state index contributed by atoms with van der Waals surface area (Å²) in [5.41, 5.74) is 3.51. The molecule has 1 amide bonds. The van der Waals surface area contributed by atoms with Crippen molar-refractivity contribution in [3.8, 4) is 22.8 Å². The zero-order valence-electron chi connectivity index (χ0n) is 17.9. The molecule has 0 fully saturated rings. The monoisotopic (exact) mass is 498 g/mol. The number of nitrogens with zero attached hydrogens (tertiary/aromatic N) is 3. The molecule has 33 heavy (non-hydrogen) atoms. The van der Waals surface area contributed by atoms with Crippen LogP contribution in [0.5, 0.6) is 5.75 Å². The molecule has 1 heterocycles. The number of rotatable bonds is 7. The molecule has 9 heteroatoms. The first-order chi connectivity index (χ1) is 15.9.